The van der Waals surface area contributed by atoms with Crippen LogP contribution in [0.4, 0.5) is 4.39 Å². The third kappa shape index (κ3) is 6.97. The van der Waals surface area contributed by atoms with E-state index in [2.05, 4.69) is 29.4 Å². The Morgan fingerprint density at radius 1 is 0.971 bits per heavy atom. The monoisotopic (exact) mass is 485 g/mol. The summed E-state index contributed by atoms with van der Waals surface area (Å²) in [6.45, 7) is 1.40. The Hall–Kier alpha value is -3.56. The Bertz CT molecular complexity index is 1220. The Labute approximate surface area is 197 Å². The fourth-order valence-corrected chi connectivity index (χ4v) is 3.77. The van der Waals surface area contributed by atoms with Gasteiger partial charge in [0.15, 0.2) is 0 Å². The maximum absolute atomic E-state index is 12.9. The summed E-state index contributed by atoms with van der Waals surface area (Å²) in [6, 6.07) is 22.2. The number of fused-ring (bicyclic) bond motifs is 1. The van der Waals surface area contributed by atoms with Crippen LogP contribution in [0.3, 0.4) is 0 Å². The summed E-state index contributed by atoms with van der Waals surface area (Å²) in [7, 11) is -3.95. The number of aliphatic carboxylic acids is 1. The molecule has 0 aromatic heterocycles. The second-order valence-electron chi connectivity index (χ2n) is 7.66. The topological polar surface area (TPSA) is 102 Å². The van der Waals surface area contributed by atoms with Gasteiger partial charge in [0.05, 0.1) is 12.0 Å². The number of benzene rings is 3. The van der Waals surface area contributed by atoms with Crippen LogP contribution in [0.25, 0.3) is 11.1 Å². The first kappa shape index (κ1) is 25.1. The van der Waals surface area contributed by atoms with Gasteiger partial charge in [0, 0.05) is 0 Å². The third-order valence-electron chi connectivity index (χ3n) is 5.00. The van der Waals surface area contributed by atoms with Gasteiger partial charge in [-0.25, -0.2) is 4.39 Å². The van der Waals surface area contributed by atoms with Crippen LogP contribution in [0.5, 0.6) is 0 Å². The number of hydrogen-bond donors (Lipinski definition) is 1. The molecule has 0 heterocycles. The standard InChI is InChI=1S/C19H20FNO6S.C6H4/c1-13(21-26-12-14-8-10-16(20)11-9-14)17(19(22)23)18(27-28(2,24)25)15-6-4-3-5-7-15;1-2-6-4-3-5(1)6/h3-11,17-18H,12H2,1-2H3,(H,22,23);1-4H. The van der Waals surface area contributed by atoms with Crippen molar-refractivity contribution in [3.8, 4) is 11.1 Å². The summed E-state index contributed by atoms with van der Waals surface area (Å²) >= 11 is 0. The van der Waals surface area contributed by atoms with Crippen molar-refractivity contribution in [2.75, 3.05) is 6.26 Å². The number of carboxylic acid groups (broad SMARTS) is 1. The average molecular weight is 486 g/mol. The number of carboxylic acids is 1. The summed E-state index contributed by atoms with van der Waals surface area (Å²) in [6.07, 6.45) is -0.466. The maximum atomic E-state index is 12.9. The minimum atomic E-state index is -3.95. The predicted octanol–water partition coefficient (Wildman–Crippen LogP) is 4.80. The van der Waals surface area contributed by atoms with Crippen molar-refractivity contribution in [1.29, 1.82) is 0 Å². The molecule has 1 N–H and O–H groups in total. The zero-order chi connectivity index (χ0) is 24.7. The largest absolute Gasteiger partial charge is 0.481 e. The third-order valence-corrected chi connectivity index (χ3v) is 5.55. The molecule has 0 saturated heterocycles. The summed E-state index contributed by atoms with van der Waals surface area (Å²) in [5, 5.41) is 13.5. The molecule has 0 fully saturated rings. The van der Waals surface area contributed by atoms with Gasteiger partial charge in [-0.2, -0.15) is 8.42 Å². The van der Waals surface area contributed by atoms with Crippen LogP contribution in [0.15, 0.2) is 84.0 Å². The van der Waals surface area contributed by atoms with Crippen LogP contribution in [0.2, 0.25) is 0 Å². The van der Waals surface area contributed by atoms with Gasteiger partial charge < -0.3 is 9.94 Å². The fourth-order valence-electron chi connectivity index (χ4n) is 3.17. The van der Waals surface area contributed by atoms with E-state index >= 15 is 0 Å². The second kappa shape index (κ2) is 11.0. The fraction of sp³-hybridized carbons (Fsp3) is 0.200. The van der Waals surface area contributed by atoms with Crippen molar-refractivity contribution < 1.29 is 31.7 Å². The molecule has 34 heavy (non-hydrogen) atoms. The van der Waals surface area contributed by atoms with Gasteiger partial charge in [0.1, 0.15) is 24.4 Å². The van der Waals surface area contributed by atoms with Gasteiger partial charge in [0.25, 0.3) is 10.1 Å². The molecule has 0 spiro atoms. The van der Waals surface area contributed by atoms with Crippen LogP contribution in [0.1, 0.15) is 24.2 Å². The van der Waals surface area contributed by atoms with Crippen molar-refractivity contribution in [3.63, 3.8) is 0 Å². The van der Waals surface area contributed by atoms with Gasteiger partial charge in [-0.3, -0.25) is 8.98 Å². The van der Waals surface area contributed by atoms with Crippen LogP contribution in [-0.2, 0) is 30.5 Å². The molecule has 0 bridgehead atoms. The van der Waals surface area contributed by atoms with Crippen LogP contribution >= 0.6 is 0 Å². The zero-order valence-electron chi connectivity index (χ0n) is 18.6. The Morgan fingerprint density at radius 3 is 1.97 bits per heavy atom. The molecular weight excluding hydrogens is 461 g/mol. The highest BCUT2D eigenvalue weighted by molar-refractivity contribution is 7.86. The minimum absolute atomic E-state index is 0.00705. The van der Waals surface area contributed by atoms with Gasteiger partial charge in [0.2, 0.25) is 0 Å². The molecule has 0 saturated carbocycles. The molecule has 0 amide bonds. The van der Waals surface area contributed by atoms with E-state index < -0.39 is 33.9 Å². The van der Waals surface area contributed by atoms with E-state index in [1.807, 2.05) is 0 Å². The molecule has 178 valence electrons. The van der Waals surface area contributed by atoms with Crippen molar-refractivity contribution in [1.82, 2.24) is 0 Å². The first-order valence-electron chi connectivity index (χ1n) is 10.3. The molecule has 2 atom stereocenters. The number of carbonyl (C=O) groups is 1. The van der Waals surface area contributed by atoms with E-state index in [-0.39, 0.29) is 12.3 Å². The lowest BCUT2D eigenvalue weighted by molar-refractivity contribution is -0.142. The summed E-state index contributed by atoms with van der Waals surface area (Å²) in [4.78, 5) is 17.0. The quantitative estimate of drug-likeness (QED) is 0.208. The highest BCUT2D eigenvalue weighted by Gasteiger charge is 2.36. The van der Waals surface area contributed by atoms with E-state index in [4.69, 9.17) is 9.02 Å². The van der Waals surface area contributed by atoms with E-state index in [1.54, 1.807) is 30.3 Å². The SMILES string of the molecule is CC(=NOCc1ccc(F)cc1)C(C(=O)O)C(OS(C)(=O)=O)c1ccccc1.c1cc2ccc1-2. The van der Waals surface area contributed by atoms with Crippen LogP contribution in [-0.4, -0.2) is 31.5 Å². The van der Waals surface area contributed by atoms with Gasteiger partial charge in [-0.15, -0.1) is 0 Å². The maximum Gasteiger partial charge on any atom is 0.315 e. The van der Waals surface area contributed by atoms with Gasteiger partial charge in [-0.05, 0) is 41.3 Å². The van der Waals surface area contributed by atoms with E-state index in [0.29, 0.717) is 11.1 Å². The van der Waals surface area contributed by atoms with Crippen molar-refractivity contribution in [2.24, 2.45) is 11.1 Å². The molecule has 2 unspecified atom stereocenters. The van der Waals surface area contributed by atoms with E-state index in [0.717, 1.165) is 6.26 Å². The van der Waals surface area contributed by atoms with E-state index in [1.165, 1.54) is 42.3 Å². The summed E-state index contributed by atoms with van der Waals surface area (Å²) in [5.41, 5.74) is 3.88. The molecule has 9 heteroatoms. The highest BCUT2D eigenvalue weighted by Crippen LogP contribution is 2.30. The molecule has 2 aromatic carbocycles. The Morgan fingerprint density at radius 2 is 1.53 bits per heavy atom. The Kier molecular flexibility index (Phi) is 8.14. The summed E-state index contributed by atoms with van der Waals surface area (Å²) in [5.74, 6) is -3.10. The van der Waals surface area contributed by atoms with Crippen molar-refractivity contribution >= 4 is 21.8 Å². The molecule has 0 aliphatic heterocycles. The molecular formula is C25H24FNO6S. The van der Waals surface area contributed by atoms with Crippen molar-refractivity contribution in [3.05, 3.63) is 95.8 Å². The summed E-state index contributed by atoms with van der Waals surface area (Å²) < 4.78 is 41.3. The highest BCUT2D eigenvalue weighted by atomic mass is 32.2. The zero-order valence-corrected chi connectivity index (χ0v) is 19.4. The number of oxime groups is 1. The first-order chi connectivity index (χ1) is 16.1. The average Bonchev–Trinajstić information content (AvgIpc) is 2.77. The molecule has 2 aromatic rings. The molecule has 0 radical (unpaired) electrons. The number of rotatable bonds is 9. The minimum Gasteiger partial charge on any atom is -0.481 e. The Balaban J connectivity index is 0.000000457. The lowest BCUT2D eigenvalue weighted by Crippen LogP contribution is -2.31. The molecule has 2 aliphatic rings. The number of halogens is 1. The van der Waals surface area contributed by atoms with Crippen LogP contribution in [0, 0.1) is 11.7 Å². The van der Waals surface area contributed by atoms with Crippen LogP contribution < -0.4 is 0 Å². The number of nitrogens with zero attached hydrogens (tertiary/aromatic N) is 1. The molecule has 4 rings (SSSR count). The normalized spacial score (nSPS) is 13.8. The molecule has 7 nitrogen and oxygen atoms in total. The van der Waals surface area contributed by atoms with E-state index in [9.17, 15) is 22.7 Å². The van der Waals surface area contributed by atoms with Crippen molar-refractivity contribution in [2.45, 2.75) is 19.6 Å². The molecule has 2 aliphatic carbocycles. The smallest absolute Gasteiger partial charge is 0.315 e. The second-order valence-corrected chi connectivity index (χ2v) is 9.26. The van der Waals surface area contributed by atoms with Gasteiger partial charge in [-0.1, -0.05) is 71.9 Å². The predicted molar refractivity (Wildman–Crippen MR) is 126 cm³/mol. The van der Waals surface area contributed by atoms with Gasteiger partial charge >= 0.3 is 5.97 Å². The lowest BCUT2D eigenvalue weighted by Gasteiger charge is -2.23. The lowest BCUT2D eigenvalue weighted by atomic mass is 9.92. The first-order valence-corrected chi connectivity index (χ1v) is 12.1. The number of hydrogen-bond acceptors (Lipinski definition) is 6.